The molecule has 0 saturated heterocycles. The Labute approximate surface area is 207 Å². The summed E-state index contributed by atoms with van der Waals surface area (Å²) >= 11 is 0. The highest BCUT2D eigenvalue weighted by Gasteiger charge is 2.25. The summed E-state index contributed by atoms with van der Waals surface area (Å²) in [6.45, 7) is 1.46. The second-order valence-electron chi connectivity index (χ2n) is 8.97. The van der Waals surface area contributed by atoms with Gasteiger partial charge in [0.25, 0.3) is 0 Å². The lowest BCUT2D eigenvalue weighted by Gasteiger charge is -2.12. The van der Waals surface area contributed by atoms with E-state index in [1.165, 1.54) is 13.3 Å². The van der Waals surface area contributed by atoms with Crippen LogP contribution < -0.4 is 16.4 Å². The van der Waals surface area contributed by atoms with Crippen LogP contribution in [0.4, 0.5) is 22.0 Å². The molecule has 1 fully saturated rings. The van der Waals surface area contributed by atoms with Crippen molar-refractivity contribution in [3.8, 4) is 0 Å². The molecule has 0 atom stereocenters. The van der Waals surface area contributed by atoms with Crippen LogP contribution in [-0.4, -0.2) is 32.1 Å². The topological polar surface area (TPSA) is 132 Å². The molecule has 0 unspecified atom stereocenters. The Kier molecular flexibility index (Phi) is 6.20. The fourth-order valence-electron chi connectivity index (χ4n) is 4.74. The van der Waals surface area contributed by atoms with Gasteiger partial charge in [0.15, 0.2) is 11.6 Å². The minimum absolute atomic E-state index is 0.0920. The highest BCUT2D eigenvalue weighted by molar-refractivity contribution is 6.18. The number of benzene rings is 2. The van der Waals surface area contributed by atoms with E-state index in [0.717, 1.165) is 25.7 Å². The molecule has 1 aliphatic carbocycles. The molecule has 9 heteroatoms. The van der Waals surface area contributed by atoms with Crippen molar-refractivity contribution in [1.29, 1.82) is 0 Å². The van der Waals surface area contributed by atoms with Crippen LogP contribution in [0.25, 0.3) is 11.0 Å². The van der Waals surface area contributed by atoms with Crippen molar-refractivity contribution < 1.29 is 14.4 Å². The standard InChI is InChI=1S/C27H26N6O3/c1-16(34)17-6-4-8-19(12-17)31-27(36)32-20-9-5-7-18(13-20)24(35)22-14-33(21-10-2-3-11-21)26-23(22)25(28)29-15-30-26/h4-9,12-15,21H,2-3,10-11H2,1H3,(H2,28,29,30)(H2,31,32,36). The Morgan fingerprint density at radius 2 is 1.58 bits per heavy atom. The largest absolute Gasteiger partial charge is 0.383 e. The van der Waals surface area contributed by atoms with Crippen molar-refractivity contribution >= 4 is 45.8 Å². The van der Waals surface area contributed by atoms with Crippen LogP contribution in [0.15, 0.2) is 61.1 Å². The number of carbonyl (C=O) groups is 3. The van der Waals surface area contributed by atoms with E-state index >= 15 is 0 Å². The first-order chi connectivity index (χ1) is 17.4. The second kappa shape index (κ2) is 9.61. The number of nitrogens with zero attached hydrogens (tertiary/aromatic N) is 3. The summed E-state index contributed by atoms with van der Waals surface area (Å²) < 4.78 is 2.05. The SMILES string of the molecule is CC(=O)c1cccc(NC(=O)Nc2cccc(C(=O)c3cn(C4CCCC4)c4ncnc(N)c34)c2)c1. The van der Waals surface area contributed by atoms with Gasteiger partial charge in [-0.25, -0.2) is 14.8 Å². The maximum atomic E-state index is 13.6. The fraction of sp³-hybridized carbons (Fsp3) is 0.222. The molecule has 36 heavy (non-hydrogen) atoms. The molecule has 1 saturated carbocycles. The lowest BCUT2D eigenvalue weighted by molar-refractivity contribution is 0.101. The number of rotatable bonds is 6. The molecule has 4 N–H and O–H groups in total. The highest BCUT2D eigenvalue weighted by Crippen LogP contribution is 2.35. The van der Waals surface area contributed by atoms with Crippen molar-refractivity contribution in [1.82, 2.24) is 14.5 Å². The third-order valence-electron chi connectivity index (χ3n) is 6.51. The molecule has 0 bridgehead atoms. The van der Waals surface area contributed by atoms with Crippen molar-refractivity contribution in [3.63, 3.8) is 0 Å². The Morgan fingerprint density at radius 3 is 2.25 bits per heavy atom. The van der Waals surface area contributed by atoms with Crippen LogP contribution >= 0.6 is 0 Å². The monoisotopic (exact) mass is 482 g/mol. The third kappa shape index (κ3) is 4.55. The molecule has 1 aliphatic rings. The van der Waals surface area contributed by atoms with E-state index in [1.54, 1.807) is 48.5 Å². The number of amides is 2. The number of nitrogens with two attached hydrogens (primary N) is 1. The molecule has 2 amide bonds. The van der Waals surface area contributed by atoms with Crippen molar-refractivity contribution in [2.24, 2.45) is 0 Å². The maximum absolute atomic E-state index is 13.6. The fourth-order valence-corrected chi connectivity index (χ4v) is 4.74. The Bertz CT molecular complexity index is 1490. The van der Waals surface area contributed by atoms with Gasteiger partial charge in [-0.15, -0.1) is 0 Å². The molecule has 0 spiro atoms. The highest BCUT2D eigenvalue weighted by atomic mass is 16.2. The summed E-state index contributed by atoms with van der Waals surface area (Å²) in [6, 6.07) is 13.2. The summed E-state index contributed by atoms with van der Waals surface area (Å²) in [4.78, 5) is 46.3. The smallest absolute Gasteiger partial charge is 0.323 e. The Hall–Kier alpha value is -4.53. The van der Waals surface area contributed by atoms with E-state index in [4.69, 9.17) is 5.73 Å². The van der Waals surface area contributed by atoms with Crippen LogP contribution in [-0.2, 0) is 0 Å². The van der Waals surface area contributed by atoms with E-state index in [-0.39, 0.29) is 23.4 Å². The molecule has 9 nitrogen and oxygen atoms in total. The molecule has 2 aromatic heterocycles. The van der Waals surface area contributed by atoms with E-state index in [1.807, 2.05) is 6.20 Å². The number of aromatic nitrogens is 3. The second-order valence-corrected chi connectivity index (χ2v) is 8.97. The van der Waals surface area contributed by atoms with Crippen molar-refractivity contribution in [3.05, 3.63) is 77.7 Å². The van der Waals surface area contributed by atoms with Crippen LogP contribution in [0.1, 0.15) is 64.9 Å². The number of nitrogen functional groups attached to an aromatic ring is 1. The van der Waals surface area contributed by atoms with Gasteiger partial charge in [0.2, 0.25) is 0 Å². The van der Waals surface area contributed by atoms with E-state index in [9.17, 15) is 14.4 Å². The predicted octanol–water partition coefficient (Wildman–Crippen LogP) is 5.21. The quantitative estimate of drug-likeness (QED) is 0.323. The van der Waals surface area contributed by atoms with Crippen LogP contribution in [0, 0.1) is 0 Å². The van der Waals surface area contributed by atoms with Gasteiger partial charge in [0.1, 0.15) is 17.8 Å². The number of Topliss-reactive ketones (excluding diaryl/α,β-unsaturated/α-hetero) is 1. The summed E-state index contributed by atoms with van der Waals surface area (Å²) in [6.07, 6.45) is 7.61. The van der Waals surface area contributed by atoms with E-state index in [0.29, 0.717) is 39.1 Å². The van der Waals surface area contributed by atoms with Gasteiger partial charge in [0.05, 0.1) is 10.9 Å². The van der Waals surface area contributed by atoms with E-state index < -0.39 is 6.03 Å². The Morgan fingerprint density at radius 1 is 0.944 bits per heavy atom. The van der Waals surface area contributed by atoms with Crippen molar-refractivity contribution in [2.45, 2.75) is 38.6 Å². The number of hydrogen-bond acceptors (Lipinski definition) is 6. The van der Waals surface area contributed by atoms with Gasteiger partial charge in [-0.3, -0.25) is 9.59 Å². The van der Waals surface area contributed by atoms with Crippen LogP contribution in [0.3, 0.4) is 0 Å². The predicted molar refractivity (Wildman–Crippen MR) is 138 cm³/mol. The number of urea groups is 1. The number of nitrogens with one attached hydrogen (secondary N) is 2. The molecule has 5 rings (SSSR count). The first-order valence-corrected chi connectivity index (χ1v) is 11.9. The zero-order valence-electron chi connectivity index (χ0n) is 19.8. The summed E-state index contributed by atoms with van der Waals surface area (Å²) in [5.41, 5.74) is 9.13. The normalized spacial score (nSPS) is 13.6. The molecule has 0 radical (unpaired) electrons. The Balaban J connectivity index is 1.40. The zero-order chi connectivity index (χ0) is 25.2. The summed E-state index contributed by atoms with van der Waals surface area (Å²) in [5.74, 6) is -0.0522. The molecule has 182 valence electrons. The van der Waals surface area contributed by atoms with Crippen molar-refractivity contribution in [2.75, 3.05) is 16.4 Å². The molecule has 2 aromatic carbocycles. The number of hydrogen-bond donors (Lipinski definition) is 3. The lowest BCUT2D eigenvalue weighted by Crippen LogP contribution is -2.19. The number of anilines is 3. The average Bonchev–Trinajstić information content (AvgIpc) is 3.52. The molecule has 0 aliphatic heterocycles. The molecule has 4 aromatic rings. The van der Waals surface area contributed by atoms with Crippen LogP contribution in [0.2, 0.25) is 0 Å². The first kappa shape index (κ1) is 23.2. The van der Waals surface area contributed by atoms with E-state index in [2.05, 4.69) is 25.2 Å². The number of fused-ring (bicyclic) bond motifs is 1. The number of ketones is 2. The maximum Gasteiger partial charge on any atom is 0.323 e. The van der Waals surface area contributed by atoms with Crippen LogP contribution in [0.5, 0.6) is 0 Å². The summed E-state index contributed by atoms with van der Waals surface area (Å²) in [5, 5.41) is 6.00. The third-order valence-corrected chi connectivity index (χ3v) is 6.51. The summed E-state index contributed by atoms with van der Waals surface area (Å²) in [7, 11) is 0. The lowest BCUT2D eigenvalue weighted by atomic mass is 10.0. The molecular weight excluding hydrogens is 456 g/mol. The van der Waals surface area contributed by atoms with Gasteiger partial charge in [0, 0.05) is 34.7 Å². The first-order valence-electron chi connectivity index (χ1n) is 11.9. The zero-order valence-corrected chi connectivity index (χ0v) is 19.8. The number of carbonyl (C=O) groups excluding carboxylic acids is 3. The minimum Gasteiger partial charge on any atom is -0.383 e. The van der Waals surface area contributed by atoms with Gasteiger partial charge >= 0.3 is 6.03 Å². The van der Waals surface area contributed by atoms with Gasteiger partial charge in [-0.2, -0.15) is 0 Å². The molecule has 2 heterocycles. The molecular formula is C27H26N6O3. The van der Waals surface area contributed by atoms with Gasteiger partial charge in [-0.05, 0) is 44.0 Å². The average molecular weight is 483 g/mol. The minimum atomic E-state index is -0.490. The van der Waals surface area contributed by atoms with Gasteiger partial charge in [-0.1, -0.05) is 37.1 Å². The van der Waals surface area contributed by atoms with Gasteiger partial charge < -0.3 is 20.9 Å².